The van der Waals surface area contributed by atoms with Gasteiger partial charge in [0.05, 0.1) is 45.0 Å². The first kappa shape index (κ1) is 19.7. The Hall–Kier alpha value is -3.61. The quantitative estimate of drug-likeness (QED) is 0.686. The van der Waals surface area contributed by atoms with E-state index in [9.17, 15) is 0 Å². The molecular weight excluding hydrogens is 380 g/mol. The van der Waals surface area contributed by atoms with E-state index in [1.165, 1.54) is 0 Å². The van der Waals surface area contributed by atoms with Gasteiger partial charge in [-0.1, -0.05) is 18.2 Å². The molecule has 0 spiro atoms. The van der Waals surface area contributed by atoms with Crippen LogP contribution in [-0.4, -0.2) is 56.2 Å². The highest BCUT2D eigenvalue weighted by molar-refractivity contribution is 6.23. The molecule has 2 aromatic rings. The Morgan fingerprint density at radius 1 is 1.00 bits per heavy atom. The summed E-state index contributed by atoms with van der Waals surface area (Å²) in [7, 11) is 4.88. The van der Waals surface area contributed by atoms with Gasteiger partial charge < -0.3 is 14.2 Å². The topological polar surface area (TPSA) is 68.0 Å². The molecule has 0 bridgehead atoms. The second-order valence-corrected chi connectivity index (χ2v) is 6.89. The van der Waals surface area contributed by atoms with Crippen molar-refractivity contribution < 1.29 is 14.2 Å². The fourth-order valence-electron chi connectivity index (χ4n) is 3.68. The molecule has 2 aliphatic heterocycles. The van der Waals surface area contributed by atoms with Crippen molar-refractivity contribution in [1.29, 1.82) is 0 Å². The molecular formula is C23H24N4O3. The summed E-state index contributed by atoms with van der Waals surface area (Å²) >= 11 is 0. The molecule has 4 rings (SSSR count). The van der Waals surface area contributed by atoms with Gasteiger partial charge in [-0.2, -0.15) is 5.10 Å². The number of aliphatic imine (C=N–C) groups is 2. The van der Waals surface area contributed by atoms with Gasteiger partial charge in [-0.25, -0.2) is 10.0 Å². The van der Waals surface area contributed by atoms with Crippen molar-refractivity contribution in [3.8, 4) is 17.2 Å². The summed E-state index contributed by atoms with van der Waals surface area (Å²) in [5, 5.41) is 6.47. The van der Waals surface area contributed by atoms with Crippen molar-refractivity contribution in [3.63, 3.8) is 0 Å². The predicted molar refractivity (Wildman–Crippen MR) is 119 cm³/mol. The third-order valence-electron chi connectivity index (χ3n) is 5.10. The Labute approximate surface area is 176 Å². The van der Waals surface area contributed by atoms with E-state index in [4.69, 9.17) is 24.2 Å². The van der Waals surface area contributed by atoms with Crippen LogP contribution in [0.3, 0.4) is 0 Å². The van der Waals surface area contributed by atoms with E-state index in [2.05, 4.69) is 11.7 Å². The van der Waals surface area contributed by atoms with Crippen LogP contribution in [0.2, 0.25) is 0 Å². The van der Waals surface area contributed by atoms with Crippen molar-refractivity contribution >= 4 is 22.9 Å². The van der Waals surface area contributed by atoms with Gasteiger partial charge in [-0.05, 0) is 25.1 Å². The van der Waals surface area contributed by atoms with E-state index in [0.29, 0.717) is 18.0 Å². The monoisotopic (exact) mass is 404 g/mol. The van der Waals surface area contributed by atoms with Gasteiger partial charge in [0, 0.05) is 17.2 Å². The van der Waals surface area contributed by atoms with Crippen LogP contribution in [-0.2, 0) is 0 Å². The smallest absolute Gasteiger partial charge is 0.162 e. The normalized spacial score (nSPS) is 17.1. The minimum Gasteiger partial charge on any atom is -0.496 e. The molecule has 1 unspecified atom stereocenters. The Kier molecular flexibility index (Phi) is 5.27. The van der Waals surface area contributed by atoms with E-state index < -0.39 is 0 Å². The van der Waals surface area contributed by atoms with Crippen molar-refractivity contribution in [2.75, 3.05) is 27.9 Å². The maximum atomic E-state index is 5.63. The molecule has 0 saturated heterocycles. The van der Waals surface area contributed by atoms with Crippen LogP contribution in [0.15, 0.2) is 64.1 Å². The van der Waals surface area contributed by atoms with Gasteiger partial charge in [0.1, 0.15) is 11.8 Å². The number of para-hydroxylation sites is 1. The lowest BCUT2D eigenvalue weighted by molar-refractivity contribution is 0.355. The number of hydrogen-bond acceptors (Lipinski definition) is 7. The number of methoxy groups -OCH3 is 3. The van der Waals surface area contributed by atoms with Crippen LogP contribution in [0.1, 0.15) is 18.1 Å². The predicted octanol–water partition coefficient (Wildman–Crippen LogP) is 3.84. The first-order chi connectivity index (χ1) is 14.6. The minimum absolute atomic E-state index is 0.297. The second kappa shape index (κ2) is 8.02. The van der Waals surface area contributed by atoms with Crippen molar-refractivity contribution in [1.82, 2.24) is 5.01 Å². The van der Waals surface area contributed by atoms with Gasteiger partial charge in [0.25, 0.3) is 0 Å². The largest absolute Gasteiger partial charge is 0.496 e. The van der Waals surface area contributed by atoms with Crippen LogP contribution >= 0.6 is 0 Å². The lowest BCUT2D eigenvalue weighted by Crippen LogP contribution is -2.30. The van der Waals surface area contributed by atoms with Gasteiger partial charge in [0.2, 0.25) is 0 Å². The summed E-state index contributed by atoms with van der Waals surface area (Å²) in [5.41, 5.74) is 4.08. The molecule has 0 fully saturated rings. The number of ether oxygens (including phenoxy) is 3. The molecule has 2 aliphatic rings. The van der Waals surface area contributed by atoms with Crippen LogP contribution in [0.5, 0.6) is 17.2 Å². The molecule has 7 heteroatoms. The van der Waals surface area contributed by atoms with Gasteiger partial charge in [-0.3, -0.25) is 4.99 Å². The molecule has 0 aromatic heterocycles. The molecule has 154 valence electrons. The van der Waals surface area contributed by atoms with Gasteiger partial charge >= 0.3 is 0 Å². The molecule has 0 saturated carbocycles. The number of rotatable bonds is 6. The molecule has 0 radical (unpaired) electrons. The summed E-state index contributed by atoms with van der Waals surface area (Å²) in [6.07, 6.45) is 1.80. The Balaban J connectivity index is 2.00. The lowest BCUT2D eigenvalue weighted by Gasteiger charge is -2.15. The summed E-state index contributed by atoms with van der Waals surface area (Å²) in [6.45, 7) is 6.35. The fraction of sp³-hybridized carbons (Fsp3) is 0.261. The van der Waals surface area contributed by atoms with E-state index in [-0.39, 0.29) is 6.04 Å². The molecule has 2 heterocycles. The lowest BCUT2D eigenvalue weighted by atomic mass is 9.99. The minimum atomic E-state index is -0.297. The SMILES string of the molecule is C=CCN1N=C(C)C2N=C(c3ccccc3OC)c3cc(OC)c(OC)cc3N=C21. The van der Waals surface area contributed by atoms with Crippen molar-refractivity contribution in [2.45, 2.75) is 13.0 Å². The van der Waals surface area contributed by atoms with Gasteiger partial charge in [-0.15, -0.1) is 6.58 Å². The Morgan fingerprint density at radius 2 is 1.70 bits per heavy atom. The van der Waals surface area contributed by atoms with Crippen molar-refractivity contribution in [2.24, 2.45) is 15.1 Å². The average Bonchev–Trinajstić information content (AvgIpc) is 2.95. The summed E-state index contributed by atoms with van der Waals surface area (Å²) < 4.78 is 16.7. The Morgan fingerprint density at radius 3 is 2.40 bits per heavy atom. The molecule has 2 aromatic carbocycles. The van der Waals surface area contributed by atoms with E-state index in [1.54, 1.807) is 27.4 Å². The molecule has 0 N–H and O–H groups in total. The second-order valence-electron chi connectivity index (χ2n) is 6.89. The zero-order valence-electron chi connectivity index (χ0n) is 17.5. The molecule has 1 atom stereocenters. The number of hydrazone groups is 1. The van der Waals surface area contributed by atoms with E-state index in [1.807, 2.05) is 48.3 Å². The highest BCUT2D eigenvalue weighted by Gasteiger charge is 2.34. The number of hydrogen-bond donors (Lipinski definition) is 0. The highest BCUT2D eigenvalue weighted by atomic mass is 16.5. The maximum Gasteiger partial charge on any atom is 0.162 e. The highest BCUT2D eigenvalue weighted by Crippen LogP contribution is 2.39. The van der Waals surface area contributed by atoms with Gasteiger partial charge in [0.15, 0.2) is 17.3 Å². The summed E-state index contributed by atoms with van der Waals surface area (Å²) in [4.78, 5) is 10.1. The third kappa shape index (κ3) is 3.22. The number of benzene rings is 2. The van der Waals surface area contributed by atoms with Crippen LogP contribution in [0.4, 0.5) is 5.69 Å². The first-order valence-corrected chi connectivity index (χ1v) is 9.61. The van der Waals surface area contributed by atoms with Crippen molar-refractivity contribution in [3.05, 3.63) is 60.2 Å². The number of amidine groups is 1. The Bertz CT molecular complexity index is 1090. The third-order valence-corrected chi connectivity index (χ3v) is 5.10. The number of nitrogens with zero attached hydrogens (tertiary/aromatic N) is 4. The maximum absolute atomic E-state index is 5.63. The summed E-state index contributed by atoms with van der Waals surface area (Å²) in [6, 6.07) is 11.3. The van der Waals surface area contributed by atoms with Crippen LogP contribution in [0, 0.1) is 0 Å². The summed E-state index contributed by atoms with van der Waals surface area (Å²) in [5.74, 6) is 2.70. The first-order valence-electron chi connectivity index (χ1n) is 9.61. The standard InChI is InChI=1S/C23H24N4O3/c1-6-11-27-23-21(14(2)26-27)25-22(15-9-7-8-10-18(15)28-3)16-12-19(29-4)20(30-5)13-17(16)24-23/h6-10,12-13,21H,1,11H2,2-5H3. The zero-order chi connectivity index (χ0) is 21.3. The zero-order valence-corrected chi connectivity index (χ0v) is 17.5. The molecule has 7 nitrogen and oxygen atoms in total. The van der Waals surface area contributed by atoms with E-state index >= 15 is 0 Å². The molecule has 0 aliphatic carbocycles. The van der Waals surface area contributed by atoms with Crippen LogP contribution in [0.25, 0.3) is 0 Å². The van der Waals surface area contributed by atoms with E-state index in [0.717, 1.165) is 39.8 Å². The molecule has 30 heavy (non-hydrogen) atoms. The number of fused-ring (bicyclic) bond motifs is 2. The fourth-order valence-corrected chi connectivity index (χ4v) is 3.68. The van der Waals surface area contributed by atoms with Crippen LogP contribution < -0.4 is 14.2 Å². The average molecular weight is 404 g/mol. The molecule has 0 amide bonds.